The van der Waals surface area contributed by atoms with Gasteiger partial charge in [-0.05, 0) is 30.4 Å². The number of nitrogens with one attached hydrogen (secondary N) is 1. The van der Waals surface area contributed by atoms with Gasteiger partial charge in [-0.2, -0.15) is 0 Å². The average molecular weight is 380 g/mol. The van der Waals surface area contributed by atoms with Gasteiger partial charge in [-0.3, -0.25) is 15.0 Å². The largest absolute Gasteiger partial charge is 0.504 e. The van der Waals surface area contributed by atoms with Gasteiger partial charge in [0.1, 0.15) is 0 Å². The molecule has 136 valence electrons. The molecule has 2 fully saturated rings. The number of phenolic OH excluding ortho intramolecular Hbond substituents is 2. The molecule has 0 aromatic heterocycles. The Hall–Kier alpha value is -1.28. The van der Waals surface area contributed by atoms with Crippen molar-refractivity contribution in [3.05, 3.63) is 27.8 Å². The number of aromatic hydroxyl groups is 2. The molecule has 1 saturated heterocycles. The lowest BCUT2D eigenvalue weighted by Gasteiger charge is -2.43. The lowest BCUT2D eigenvalue weighted by Crippen LogP contribution is -2.47. The first kappa shape index (κ1) is 20.8. The lowest BCUT2D eigenvalue weighted by molar-refractivity contribution is -0.386. The first-order chi connectivity index (χ1) is 10.6. The Bertz CT molecular complexity index is 578. The maximum atomic E-state index is 11.1. The predicted molar refractivity (Wildman–Crippen MR) is 95.4 cm³/mol. The van der Waals surface area contributed by atoms with Crippen LogP contribution < -0.4 is 5.32 Å². The summed E-state index contributed by atoms with van der Waals surface area (Å²) in [5.41, 5.74) is 0.308. The molecule has 0 unspecified atom stereocenters. The minimum Gasteiger partial charge on any atom is -0.504 e. The molecule has 1 aliphatic heterocycles. The summed E-state index contributed by atoms with van der Waals surface area (Å²) >= 11 is 0. The van der Waals surface area contributed by atoms with E-state index in [-0.39, 0.29) is 30.9 Å². The van der Waals surface area contributed by atoms with Crippen molar-refractivity contribution in [3.8, 4) is 11.5 Å². The van der Waals surface area contributed by atoms with Crippen LogP contribution in [0.2, 0.25) is 0 Å². The molecule has 0 spiro atoms. The molecule has 1 heterocycles. The summed E-state index contributed by atoms with van der Waals surface area (Å²) in [5, 5.41) is 33.9. The second kappa shape index (κ2) is 8.71. The molecule has 0 amide bonds. The number of halogens is 2. The molecule has 1 saturated carbocycles. The number of hydrogen-bond donors (Lipinski definition) is 3. The second-order valence-corrected chi connectivity index (χ2v) is 6.09. The van der Waals surface area contributed by atoms with Crippen LogP contribution in [0, 0.1) is 16.0 Å². The highest BCUT2D eigenvalue weighted by Crippen LogP contribution is 2.45. The first-order valence-corrected chi connectivity index (χ1v) is 7.73. The van der Waals surface area contributed by atoms with Gasteiger partial charge >= 0.3 is 5.69 Å². The highest BCUT2D eigenvalue weighted by molar-refractivity contribution is 5.85. The van der Waals surface area contributed by atoms with Gasteiger partial charge < -0.3 is 15.5 Å². The van der Waals surface area contributed by atoms with E-state index in [4.69, 9.17) is 0 Å². The first-order valence-electron chi connectivity index (χ1n) is 7.73. The summed E-state index contributed by atoms with van der Waals surface area (Å²) in [6.07, 6.45) is 3.38. The Balaban J connectivity index is 0.00000144. The van der Waals surface area contributed by atoms with Crippen molar-refractivity contribution >= 4 is 30.5 Å². The van der Waals surface area contributed by atoms with E-state index in [2.05, 4.69) is 10.2 Å². The van der Waals surface area contributed by atoms with Gasteiger partial charge in [-0.25, -0.2) is 0 Å². The van der Waals surface area contributed by atoms with Crippen LogP contribution in [0.1, 0.15) is 30.9 Å². The van der Waals surface area contributed by atoms with Crippen molar-refractivity contribution < 1.29 is 15.1 Å². The maximum absolute atomic E-state index is 11.1. The quantitative estimate of drug-likeness (QED) is 0.422. The van der Waals surface area contributed by atoms with Crippen molar-refractivity contribution in [2.45, 2.75) is 25.3 Å². The van der Waals surface area contributed by atoms with E-state index < -0.39 is 22.1 Å². The molecule has 1 aliphatic carbocycles. The van der Waals surface area contributed by atoms with Gasteiger partial charge in [-0.1, -0.05) is 6.42 Å². The summed E-state index contributed by atoms with van der Waals surface area (Å²) in [5.74, 6) is -0.605. The zero-order valence-electron chi connectivity index (χ0n) is 13.2. The molecule has 1 aromatic rings. The van der Waals surface area contributed by atoms with Gasteiger partial charge in [-0.15, -0.1) is 24.8 Å². The minimum atomic E-state index is -0.651. The highest BCUT2D eigenvalue weighted by Gasteiger charge is 2.35. The average Bonchev–Trinajstić information content (AvgIpc) is 2.46. The Morgan fingerprint density at radius 3 is 2.33 bits per heavy atom. The van der Waals surface area contributed by atoms with Crippen molar-refractivity contribution in [1.82, 2.24) is 10.2 Å². The van der Waals surface area contributed by atoms with Crippen LogP contribution in [-0.4, -0.2) is 46.2 Å². The van der Waals surface area contributed by atoms with Gasteiger partial charge in [0.2, 0.25) is 5.75 Å². The number of piperazine rings is 1. The lowest BCUT2D eigenvalue weighted by atomic mass is 9.76. The van der Waals surface area contributed by atoms with Crippen LogP contribution >= 0.6 is 24.8 Å². The van der Waals surface area contributed by atoms with Crippen molar-refractivity contribution in [3.63, 3.8) is 0 Å². The molecule has 1 atom stereocenters. The number of nitrogens with zero attached hydrogens (tertiary/aromatic N) is 2. The molecule has 2 aliphatic rings. The summed E-state index contributed by atoms with van der Waals surface area (Å²) in [6.45, 7) is 3.57. The van der Waals surface area contributed by atoms with E-state index in [1.807, 2.05) is 0 Å². The van der Waals surface area contributed by atoms with E-state index in [1.54, 1.807) is 0 Å². The van der Waals surface area contributed by atoms with E-state index in [0.29, 0.717) is 5.92 Å². The molecule has 3 rings (SSSR count). The van der Waals surface area contributed by atoms with Gasteiger partial charge in [0.05, 0.1) is 4.92 Å². The topological polar surface area (TPSA) is 98.9 Å². The molecule has 24 heavy (non-hydrogen) atoms. The number of rotatable bonds is 4. The van der Waals surface area contributed by atoms with Crippen LogP contribution in [0.15, 0.2) is 12.1 Å². The standard InChI is InChI=1S/C15H21N3O4.2ClH/c19-13-9-11(8-12(15(13)20)18(21)22)14(10-2-1-3-10)17-6-4-16-5-7-17;;/h8-10,14,16,19-20H,1-7H2;2*1H/t14-;;/m0../s1. The molecule has 0 bridgehead atoms. The molecule has 0 radical (unpaired) electrons. The molecular weight excluding hydrogens is 357 g/mol. The number of hydrogen-bond acceptors (Lipinski definition) is 6. The predicted octanol–water partition coefficient (Wildman–Crippen LogP) is 2.60. The molecule has 9 heteroatoms. The molecule has 7 nitrogen and oxygen atoms in total. The van der Waals surface area contributed by atoms with E-state index in [9.17, 15) is 20.3 Å². The third-order valence-electron chi connectivity index (χ3n) is 4.77. The Labute approximate surface area is 153 Å². The minimum absolute atomic E-state index is 0. The monoisotopic (exact) mass is 379 g/mol. The summed E-state index contributed by atoms with van der Waals surface area (Å²) in [4.78, 5) is 12.8. The van der Waals surface area contributed by atoms with E-state index >= 15 is 0 Å². The Morgan fingerprint density at radius 1 is 1.21 bits per heavy atom. The molecule has 3 N–H and O–H groups in total. The third kappa shape index (κ3) is 4.03. The Morgan fingerprint density at radius 2 is 1.83 bits per heavy atom. The number of phenols is 2. The fourth-order valence-corrected chi connectivity index (χ4v) is 3.43. The molecule has 1 aromatic carbocycles. The normalized spacial score (nSPS) is 19.5. The van der Waals surface area contributed by atoms with Gasteiger partial charge in [0, 0.05) is 38.3 Å². The fraction of sp³-hybridized carbons (Fsp3) is 0.600. The van der Waals surface area contributed by atoms with Crippen LogP contribution in [0.5, 0.6) is 11.5 Å². The zero-order valence-corrected chi connectivity index (χ0v) is 14.8. The van der Waals surface area contributed by atoms with Crippen LogP contribution in [-0.2, 0) is 0 Å². The Kier molecular flexibility index (Phi) is 7.54. The maximum Gasteiger partial charge on any atom is 0.314 e. The molecular formula is C15H23Cl2N3O4. The number of nitro benzene ring substituents is 1. The van der Waals surface area contributed by atoms with Crippen molar-refractivity contribution in [2.24, 2.45) is 5.92 Å². The van der Waals surface area contributed by atoms with Crippen LogP contribution in [0.25, 0.3) is 0 Å². The van der Waals surface area contributed by atoms with Gasteiger partial charge in [0.15, 0.2) is 5.75 Å². The summed E-state index contributed by atoms with van der Waals surface area (Å²) in [7, 11) is 0. The smallest absolute Gasteiger partial charge is 0.314 e. The van der Waals surface area contributed by atoms with Crippen LogP contribution in [0.3, 0.4) is 0 Å². The summed E-state index contributed by atoms with van der Waals surface area (Å²) in [6, 6.07) is 2.97. The second-order valence-electron chi connectivity index (χ2n) is 6.09. The fourth-order valence-electron chi connectivity index (χ4n) is 3.43. The van der Waals surface area contributed by atoms with E-state index in [1.165, 1.54) is 18.6 Å². The number of nitro groups is 1. The summed E-state index contributed by atoms with van der Waals surface area (Å²) < 4.78 is 0. The van der Waals surface area contributed by atoms with Crippen LogP contribution in [0.4, 0.5) is 5.69 Å². The van der Waals surface area contributed by atoms with E-state index in [0.717, 1.165) is 44.6 Å². The van der Waals surface area contributed by atoms with Gasteiger partial charge in [0.25, 0.3) is 0 Å². The zero-order chi connectivity index (χ0) is 15.7. The van der Waals surface area contributed by atoms with Crippen molar-refractivity contribution in [1.29, 1.82) is 0 Å². The third-order valence-corrected chi connectivity index (χ3v) is 4.77. The SMILES string of the molecule is Cl.Cl.O=[N+]([O-])c1cc([C@H](C2CCC2)N2CCNCC2)cc(O)c1O. The number of benzene rings is 1. The highest BCUT2D eigenvalue weighted by atomic mass is 35.5. The van der Waals surface area contributed by atoms with Crippen molar-refractivity contribution in [2.75, 3.05) is 26.2 Å².